The Morgan fingerprint density at radius 3 is 2.38 bits per heavy atom. The van der Waals surface area contributed by atoms with E-state index in [2.05, 4.69) is 25.9 Å². The number of benzene rings is 2. The highest BCUT2D eigenvalue weighted by Crippen LogP contribution is 2.28. The van der Waals surface area contributed by atoms with Crippen LogP contribution in [0.2, 0.25) is 10.0 Å². The molecule has 2 N–H and O–H groups in total. The molecule has 0 atom stereocenters. The molecular formula is C14H7BrCl2N2O2. The van der Waals surface area contributed by atoms with E-state index in [1.54, 1.807) is 24.3 Å². The molecule has 2 aromatic carbocycles. The molecule has 4 nitrogen and oxygen atoms in total. The van der Waals surface area contributed by atoms with Gasteiger partial charge in [-0.2, -0.15) is 0 Å². The van der Waals surface area contributed by atoms with Gasteiger partial charge in [0.1, 0.15) is 0 Å². The second-order valence-corrected chi connectivity index (χ2v) is 6.11. The first-order valence-corrected chi connectivity index (χ1v) is 7.42. The lowest BCUT2D eigenvalue weighted by Crippen LogP contribution is -2.03. The normalized spacial score (nSPS) is 11.0. The molecule has 0 amide bonds. The molecular weight excluding hydrogens is 379 g/mol. The van der Waals surface area contributed by atoms with Crippen LogP contribution in [-0.4, -0.2) is 15.8 Å². The van der Waals surface area contributed by atoms with Gasteiger partial charge in [0.05, 0.1) is 16.1 Å². The molecule has 0 saturated heterocycles. The third kappa shape index (κ3) is 2.64. The van der Waals surface area contributed by atoms with Gasteiger partial charge in [0.25, 0.3) is 0 Å². The topological polar surface area (TPSA) is 65.7 Å². The minimum atomic E-state index is -0.331. The zero-order valence-electron chi connectivity index (χ0n) is 10.3. The van der Waals surface area contributed by atoms with E-state index >= 15 is 0 Å². The van der Waals surface area contributed by atoms with E-state index < -0.39 is 0 Å². The highest BCUT2D eigenvalue weighted by Gasteiger charge is 2.17. The summed E-state index contributed by atoms with van der Waals surface area (Å²) >= 11 is 15.3. The zero-order valence-corrected chi connectivity index (χ0v) is 13.4. The molecule has 1 heterocycles. The summed E-state index contributed by atoms with van der Waals surface area (Å²) in [6.07, 6.45) is 0. The highest BCUT2D eigenvalue weighted by atomic mass is 79.9. The molecule has 0 aliphatic carbocycles. The quantitative estimate of drug-likeness (QED) is 0.650. The Labute approximate surface area is 137 Å². The van der Waals surface area contributed by atoms with Crippen LogP contribution in [0.25, 0.3) is 11.0 Å². The number of imidazole rings is 1. The summed E-state index contributed by atoms with van der Waals surface area (Å²) < 4.78 is 0.561. The maximum Gasteiger partial charge on any atom is 0.323 e. The van der Waals surface area contributed by atoms with Crippen LogP contribution in [0.15, 0.2) is 39.6 Å². The van der Waals surface area contributed by atoms with Crippen molar-refractivity contribution in [2.75, 3.05) is 0 Å². The van der Waals surface area contributed by atoms with Crippen molar-refractivity contribution < 1.29 is 4.79 Å². The fourth-order valence-electron chi connectivity index (χ4n) is 2.05. The Morgan fingerprint density at radius 2 is 1.67 bits per heavy atom. The second-order valence-electron chi connectivity index (χ2n) is 4.41. The summed E-state index contributed by atoms with van der Waals surface area (Å²) in [4.78, 5) is 29.2. The van der Waals surface area contributed by atoms with Crippen molar-refractivity contribution in [3.05, 3.63) is 66.5 Å². The highest BCUT2D eigenvalue weighted by molar-refractivity contribution is 9.10. The molecule has 1 aromatic heterocycles. The predicted molar refractivity (Wildman–Crippen MR) is 86.5 cm³/mol. The molecule has 0 aliphatic rings. The molecule has 0 fully saturated rings. The first kappa shape index (κ1) is 14.4. The van der Waals surface area contributed by atoms with Gasteiger partial charge in [-0.15, -0.1) is 0 Å². The Morgan fingerprint density at radius 1 is 1.00 bits per heavy atom. The van der Waals surface area contributed by atoms with Gasteiger partial charge >= 0.3 is 5.69 Å². The fraction of sp³-hybridized carbons (Fsp3) is 0. The number of hydrogen-bond donors (Lipinski definition) is 2. The minimum Gasteiger partial charge on any atom is -0.306 e. The van der Waals surface area contributed by atoms with Gasteiger partial charge in [-0.05, 0) is 46.3 Å². The van der Waals surface area contributed by atoms with Gasteiger partial charge in [-0.25, -0.2) is 4.79 Å². The lowest BCUT2D eigenvalue weighted by atomic mass is 10.0. The molecule has 3 rings (SSSR count). The minimum absolute atomic E-state index is 0.279. The number of rotatable bonds is 2. The maximum absolute atomic E-state index is 12.6. The molecule has 0 spiro atoms. The second kappa shape index (κ2) is 5.33. The average Bonchev–Trinajstić information content (AvgIpc) is 2.79. The molecule has 0 saturated carbocycles. The number of aromatic amines is 2. The van der Waals surface area contributed by atoms with E-state index in [0.29, 0.717) is 36.7 Å². The van der Waals surface area contributed by atoms with E-state index in [1.165, 1.54) is 6.07 Å². The summed E-state index contributed by atoms with van der Waals surface area (Å²) in [7, 11) is 0. The van der Waals surface area contributed by atoms with Gasteiger partial charge in [-0.3, -0.25) is 4.79 Å². The third-order valence-corrected chi connectivity index (χ3v) is 4.24. The number of carbonyl (C=O) groups excluding carboxylic acids is 1. The number of nitrogens with one attached hydrogen (secondary N) is 2. The number of halogens is 3. The first-order chi connectivity index (χ1) is 9.95. The maximum atomic E-state index is 12.6. The summed E-state index contributed by atoms with van der Waals surface area (Å²) in [6.45, 7) is 0. The van der Waals surface area contributed by atoms with E-state index in [1.807, 2.05) is 0 Å². The Balaban J connectivity index is 2.19. The zero-order chi connectivity index (χ0) is 15.1. The number of aromatic nitrogens is 2. The molecule has 21 heavy (non-hydrogen) atoms. The van der Waals surface area contributed by atoms with Crippen molar-refractivity contribution in [2.45, 2.75) is 0 Å². The molecule has 106 valence electrons. The van der Waals surface area contributed by atoms with Crippen LogP contribution in [0.5, 0.6) is 0 Å². The van der Waals surface area contributed by atoms with Crippen molar-refractivity contribution in [2.24, 2.45) is 0 Å². The van der Waals surface area contributed by atoms with Gasteiger partial charge in [-0.1, -0.05) is 23.2 Å². The number of hydrogen-bond acceptors (Lipinski definition) is 2. The molecule has 0 bridgehead atoms. The smallest absolute Gasteiger partial charge is 0.306 e. The van der Waals surface area contributed by atoms with Gasteiger partial charge in [0.2, 0.25) is 0 Å². The average molecular weight is 386 g/mol. The van der Waals surface area contributed by atoms with E-state index in [9.17, 15) is 9.59 Å². The van der Waals surface area contributed by atoms with E-state index in [-0.39, 0.29) is 11.5 Å². The summed E-state index contributed by atoms with van der Waals surface area (Å²) in [5.74, 6) is -0.279. The van der Waals surface area contributed by atoms with Crippen LogP contribution in [-0.2, 0) is 0 Å². The van der Waals surface area contributed by atoms with Crippen LogP contribution in [0.1, 0.15) is 15.9 Å². The molecule has 3 aromatic rings. The Bertz CT molecular complexity index is 930. The molecule has 0 aliphatic heterocycles. The lowest BCUT2D eigenvalue weighted by molar-refractivity contribution is 0.103. The van der Waals surface area contributed by atoms with E-state index in [4.69, 9.17) is 23.2 Å². The predicted octanol–water partition coefficient (Wildman–Crippen LogP) is 4.16. The van der Waals surface area contributed by atoms with Crippen molar-refractivity contribution in [1.29, 1.82) is 0 Å². The Hall–Kier alpha value is -1.56. The van der Waals surface area contributed by atoms with Crippen LogP contribution in [0, 0.1) is 0 Å². The lowest BCUT2D eigenvalue weighted by Gasteiger charge is -2.06. The van der Waals surface area contributed by atoms with Crippen LogP contribution >= 0.6 is 39.1 Å². The fourth-order valence-corrected chi connectivity index (χ4v) is 2.95. The molecule has 0 radical (unpaired) electrons. The molecule has 0 unspecified atom stereocenters. The first-order valence-electron chi connectivity index (χ1n) is 5.87. The van der Waals surface area contributed by atoms with Crippen LogP contribution in [0.4, 0.5) is 0 Å². The molecule has 7 heteroatoms. The number of ketones is 1. The summed E-state index contributed by atoms with van der Waals surface area (Å²) in [5, 5.41) is 0.744. The largest absolute Gasteiger partial charge is 0.323 e. The van der Waals surface area contributed by atoms with Crippen molar-refractivity contribution in [3.63, 3.8) is 0 Å². The van der Waals surface area contributed by atoms with Crippen LogP contribution in [0.3, 0.4) is 0 Å². The summed E-state index contributed by atoms with van der Waals surface area (Å²) in [5.41, 5.74) is 1.52. The van der Waals surface area contributed by atoms with Gasteiger partial charge in [0, 0.05) is 20.6 Å². The number of carbonyl (C=O) groups is 1. The van der Waals surface area contributed by atoms with Crippen LogP contribution < -0.4 is 5.69 Å². The van der Waals surface area contributed by atoms with Gasteiger partial charge < -0.3 is 9.97 Å². The summed E-state index contributed by atoms with van der Waals surface area (Å²) in [6, 6.07) is 7.96. The van der Waals surface area contributed by atoms with E-state index in [0.717, 1.165) is 0 Å². The monoisotopic (exact) mass is 384 g/mol. The van der Waals surface area contributed by atoms with Crippen molar-refractivity contribution >= 4 is 55.9 Å². The Kier molecular flexibility index (Phi) is 3.65. The number of fused-ring (bicyclic) bond motifs is 1. The standard InChI is InChI=1S/C14H7BrCl2N2O2/c15-9-5-12-11(18-14(21)19-12)4-7(9)13(20)8-3-6(16)1-2-10(8)17/h1-5H,(H2,18,19,21). The van der Waals surface area contributed by atoms with Crippen molar-refractivity contribution in [1.82, 2.24) is 9.97 Å². The van der Waals surface area contributed by atoms with Crippen molar-refractivity contribution in [3.8, 4) is 0 Å². The number of H-pyrrole nitrogens is 2. The SMILES string of the molecule is O=C(c1cc(Cl)ccc1Cl)c1cc2[nH]c(=O)[nH]c2cc1Br. The van der Waals surface area contributed by atoms with Gasteiger partial charge in [0.15, 0.2) is 5.78 Å². The third-order valence-electron chi connectivity index (χ3n) is 3.02.